The molecule has 100 valence electrons. The van der Waals surface area contributed by atoms with Gasteiger partial charge in [-0.05, 0) is 25.2 Å². The molecule has 1 saturated heterocycles. The molecule has 2 unspecified atom stereocenters. The second-order valence-corrected chi connectivity index (χ2v) is 5.64. The van der Waals surface area contributed by atoms with Crippen molar-refractivity contribution in [2.45, 2.75) is 66.1 Å². The molecule has 0 aliphatic carbocycles. The van der Waals surface area contributed by atoms with E-state index in [1.54, 1.807) is 0 Å². The van der Waals surface area contributed by atoms with E-state index in [1.165, 1.54) is 0 Å². The zero-order valence-electron chi connectivity index (χ0n) is 12.0. The molecule has 0 spiro atoms. The number of nitrogens with zero attached hydrogens (tertiary/aromatic N) is 1. The standard InChI is InChI=1S/C14H28N2O/c1-6-12(7-2)11(5)16-13(8-10(3)4)15-9-14(16)17/h10-13,15H,6-9H2,1-5H3. The Bertz CT molecular complexity index is 249. The van der Waals surface area contributed by atoms with Gasteiger partial charge in [0.1, 0.15) is 0 Å². The van der Waals surface area contributed by atoms with E-state index in [0.29, 0.717) is 24.4 Å². The highest BCUT2D eigenvalue weighted by atomic mass is 16.2. The molecule has 0 saturated carbocycles. The van der Waals surface area contributed by atoms with Gasteiger partial charge >= 0.3 is 0 Å². The van der Waals surface area contributed by atoms with Crippen LogP contribution in [0.3, 0.4) is 0 Å². The van der Waals surface area contributed by atoms with Crippen molar-refractivity contribution in [3.8, 4) is 0 Å². The number of hydrogen-bond donors (Lipinski definition) is 1. The van der Waals surface area contributed by atoms with E-state index in [2.05, 4.69) is 44.8 Å². The largest absolute Gasteiger partial charge is 0.323 e. The molecule has 1 aliphatic rings. The first kappa shape index (κ1) is 14.5. The number of nitrogens with one attached hydrogen (secondary N) is 1. The lowest BCUT2D eigenvalue weighted by Crippen LogP contribution is -2.47. The predicted octanol–water partition coefficient (Wildman–Crippen LogP) is 2.62. The van der Waals surface area contributed by atoms with E-state index >= 15 is 0 Å². The maximum absolute atomic E-state index is 12.0. The lowest BCUT2D eigenvalue weighted by molar-refractivity contribution is -0.131. The average molecular weight is 240 g/mol. The third-order valence-electron chi connectivity index (χ3n) is 3.98. The van der Waals surface area contributed by atoms with Crippen molar-refractivity contribution in [2.24, 2.45) is 11.8 Å². The summed E-state index contributed by atoms with van der Waals surface area (Å²) in [4.78, 5) is 14.1. The van der Waals surface area contributed by atoms with Gasteiger partial charge in [-0.3, -0.25) is 10.1 Å². The Morgan fingerprint density at radius 2 is 1.88 bits per heavy atom. The van der Waals surface area contributed by atoms with Gasteiger partial charge in [0.05, 0.1) is 12.7 Å². The topological polar surface area (TPSA) is 32.3 Å². The highest BCUT2D eigenvalue weighted by Crippen LogP contribution is 2.24. The van der Waals surface area contributed by atoms with Crippen LogP contribution < -0.4 is 5.32 Å². The SMILES string of the molecule is CCC(CC)C(C)N1C(=O)CNC1CC(C)C. The summed E-state index contributed by atoms with van der Waals surface area (Å²) in [6.07, 6.45) is 3.60. The zero-order valence-corrected chi connectivity index (χ0v) is 12.0. The van der Waals surface area contributed by atoms with Crippen LogP contribution in [0.2, 0.25) is 0 Å². The third-order valence-corrected chi connectivity index (χ3v) is 3.98. The molecule has 0 aromatic carbocycles. The number of amides is 1. The minimum Gasteiger partial charge on any atom is -0.323 e. The highest BCUT2D eigenvalue weighted by molar-refractivity contribution is 5.81. The summed E-state index contributed by atoms with van der Waals surface area (Å²) in [5, 5.41) is 3.35. The molecule has 0 aromatic heterocycles. The first-order valence-corrected chi connectivity index (χ1v) is 7.05. The molecule has 2 atom stereocenters. The van der Waals surface area contributed by atoms with Crippen molar-refractivity contribution in [1.82, 2.24) is 10.2 Å². The molecular formula is C14H28N2O. The van der Waals surface area contributed by atoms with E-state index in [-0.39, 0.29) is 12.1 Å². The molecule has 0 aromatic rings. The molecule has 1 amide bonds. The van der Waals surface area contributed by atoms with E-state index in [0.717, 1.165) is 19.3 Å². The Labute approximate surface area is 106 Å². The smallest absolute Gasteiger partial charge is 0.238 e. The van der Waals surface area contributed by atoms with E-state index in [1.807, 2.05) is 0 Å². The minimum absolute atomic E-state index is 0.248. The molecule has 17 heavy (non-hydrogen) atoms. The van der Waals surface area contributed by atoms with Crippen LogP contribution in [0.4, 0.5) is 0 Å². The zero-order chi connectivity index (χ0) is 13.0. The monoisotopic (exact) mass is 240 g/mol. The maximum atomic E-state index is 12.0. The van der Waals surface area contributed by atoms with Gasteiger partial charge in [0.15, 0.2) is 0 Å². The number of carbonyl (C=O) groups is 1. The molecule has 1 N–H and O–H groups in total. The fourth-order valence-electron chi connectivity index (χ4n) is 2.92. The third kappa shape index (κ3) is 3.44. The number of hydrogen-bond acceptors (Lipinski definition) is 2. The Morgan fingerprint density at radius 3 is 2.35 bits per heavy atom. The lowest BCUT2D eigenvalue weighted by atomic mass is 9.93. The van der Waals surface area contributed by atoms with Crippen molar-refractivity contribution in [2.75, 3.05) is 6.54 Å². The Kier molecular flexibility index (Phi) is 5.44. The van der Waals surface area contributed by atoms with Crippen molar-refractivity contribution in [3.05, 3.63) is 0 Å². The number of carbonyl (C=O) groups excluding carboxylic acids is 1. The van der Waals surface area contributed by atoms with E-state index in [9.17, 15) is 4.79 Å². The summed E-state index contributed by atoms with van der Waals surface area (Å²) in [7, 11) is 0. The van der Waals surface area contributed by atoms with Crippen LogP contribution in [0, 0.1) is 11.8 Å². The van der Waals surface area contributed by atoms with Gasteiger partial charge < -0.3 is 4.90 Å². The van der Waals surface area contributed by atoms with Crippen LogP contribution >= 0.6 is 0 Å². The molecule has 1 aliphatic heterocycles. The fourth-order valence-corrected chi connectivity index (χ4v) is 2.92. The van der Waals surface area contributed by atoms with Crippen LogP contribution in [0.1, 0.15) is 53.9 Å². The summed E-state index contributed by atoms with van der Waals surface area (Å²) in [5.74, 6) is 1.51. The van der Waals surface area contributed by atoms with Gasteiger partial charge in [-0.1, -0.05) is 40.5 Å². The van der Waals surface area contributed by atoms with Gasteiger partial charge in [-0.15, -0.1) is 0 Å². The molecule has 0 radical (unpaired) electrons. The molecule has 1 heterocycles. The predicted molar refractivity (Wildman–Crippen MR) is 71.6 cm³/mol. The van der Waals surface area contributed by atoms with Crippen LogP contribution in [-0.2, 0) is 4.79 Å². The van der Waals surface area contributed by atoms with Crippen LogP contribution in [0.25, 0.3) is 0 Å². The van der Waals surface area contributed by atoms with Crippen LogP contribution in [-0.4, -0.2) is 29.6 Å². The summed E-state index contributed by atoms with van der Waals surface area (Å²) >= 11 is 0. The highest BCUT2D eigenvalue weighted by Gasteiger charge is 2.36. The number of rotatable bonds is 6. The molecule has 0 bridgehead atoms. The van der Waals surface area contributed by atoms with Crippen molar-refractivity contribution < 1.29 is 4.79 Å². The quantitative estimate of drug-likeness (QED) is 0.774. The van der Waals surface area contributed by atoms with E-state index < -0.39 is 0 Å². The Morgan fingerprint density at radius 1 is 1.29 bits per heavy atom. The summed E-state index contributed by atoms with van der Waals surface area (Å²) in [6, 6.07) is 0.358. The van der Waals surface area contributed by atoms with Crippen molar-refractivity contribution >= 4 is 5.91 Å². The molecule has 1 fully saturated rings. The first-order valence-electron chi connectivity index (χ1n) is 7.05. The maximum Gasteiger partial charge on any atom is 0.238 e. The van der Waals surface area contributed by atoms with Gasteiger partial charge in [-0.2, -0.15) is 0 Å². The lowest BCUT2D eigenvalue weighted by Gasteiger charge is -2.35. The minimum atomic E-state index is 0.248. The van der Waals surface area contributed by atoms with Gasteiger partial charge in [0.25, 0.3) is 0 Å². The van der Waals surface area contributed by atoms with Crippen molar-refractivity contribution in [3.63, 3.8) is 0 Å². The fraction of sp³-hybridized carbons (Fsp3) is 0.929. The summed E-state index contributed by atoms with van der Waals surface area (Å²) in [6.45, 7) is 11.6. The Balaban J connectivity index is 2.72. The summed E-state index contributed by atoms with van der Waals surface area (Å²) in [5.41, 5.74) is 0. The molecule has 1 rings (SSSR count). The first-order chi connectivity index (χ1) is 8.01. The second kappa shape index (κ2) is 6.39. The van der Waals surface area contributed by atoms with E-state index in [4.69, 9.17) is 0 Å². The van der Waals surface area contributed by atoms with Crippen LogP contribution in [0.5, 0.6) is 0 Å². The Hall–Kier alpha value is -0.570. The van der Waals surface area contributed by atoms with Gasteiger partial charge in [-0.25, -0.2) is 0 Å². The summed E-state index contributed by atoms with van der Waals surface area (Å²) < 4.78 is 0. The molecule has 3 nitrogen and oxygen atoms in total. The molecular weight excluding hydrogens is 212 g/mol. The van der Waals surface area contributed by atoms with Gasteiger partial charge in [0.2, 0.25) is 5.91 Å². The normalized spacial score (nSPS) is 22.9. The van der Waals surface area contributed by atoms with Crippen molar-refractivity contribution in [1.29, 1.82) is 0 Å². The second-order valence-electron chi connectivity index (χ2n) is 5.64. The van der Waals surface area contributed by atoms with Gasteiger partial charge in [0, 0.05) is 6.04 Å². The average Bonchev–Trinajstić information content (AvgIpc) is 2.60. The molecule has 3 heteroatoms. The van der Waals surface area contributed by atoms with Crippen LogP contribution in [0.15, 0.2) is 0 Å².